The molecule has 0 bridgehead atoms. The van der Waals surface area contributed by atoms with E-state index in [9.17, 15) is 22.8 Å². The minimum atomic E-state index is -4.57. The molecule has 3 heterocycles. The summed E-state index contributed by atoms with van der Waals surface area (Å²) in [6, 6.07) is 20.0. The SMILES string of the molecule is Cn1nc(C(F)(F)F)cc1-c1ccc(C=C2C(=O)NC(=S)N(c3ccc(Oc4ccccc4)cc3)C2=O)s1. The third-order valence-electron chi connectivity index (χ3n) is 5.51. The molecule has 2 aromatic heterocycles. The van der Waals surface area contributed by atoms with Gasteiger partial charge in [0.15, 0.2) is 10.8 Å². The number of alkyl halides is 3. The molecule has 38 heavy (non-hydrogen) atoms. The molecule has 12 heteroatoms. The van der Waals surface area contributed by atoms with Gasteiger partial charge < -0.3 is 4.74 Å². The lowest BCUT2D eigenvalue weighted by atomic mass is 10.1. The van der Waals surface area contributed by atoms with Crippen molar-refractivity contribution >= 4 is 52.2 Å². The number of anilines is 1. The van der Waals surface area contributed by atoms with E-state index >= 15 is 0 Å². The Morgan fingerprint density at radius 1 is 1.00 bits per heavy atom. The van der Waals surface area contributed by atoms with Gasteiger partial charge in [0, 0.05) is 11.9 Å². The second-order valence-corrected chi connectivity index (χ2v) is 9.61. The van der Waals surface area contributed by atoms with Crippen LogP contribution in [0.4, 0.5) is 18.9 Å². The summed E-state index contributed by atoms with van der Waals surface area (Å²) in [4.78, 5) is 28.1. The van der Waals surface area contributed by atoms with E-state index in [-0.39, 0.29) is 16.4 Å². The standard InChI is InChI=1S/C26H17F3N4O3S2/c1-32-20(14-22(31-32)26(27,28)29)21-12-11-18(38-21)13-19-23(34)30-25(37)33(24(19)35)15-7-9-17(10-8-15)36-16-5-3-2-4-6-16/h2-14H,1H3,(H,30,34,37). The van der Waals surface area contributed by atoms with Crippen LogP contribution in [0.15, 0.2) is 78.4 Å². The summed E-state index contributed by atoms with van der Waals surface area (Å²) in [5.41, 5.74) is -0.494. The number of carbonyl (C=O) groups is 2. The first-order valence-electron chi connectivity index (χ1n) is 11.1. The van der Waals surface area contributed by atoms with Gasteiger partial charge >= 0.3 is 6.18 Å². The molecule has 1 fully saturated rings. The molecule has 0 atom stereocenters. The topological polar surface area (TPSA) is 76.5 Å². The molecule has 5 rings (SSSR count). The summed E-state index contributed by atoms with van der Waals surface area (Å²) in [5, 5.41) is 5.96. The molecule has 1 saturated heterocycles. The lowest BCUT2D eigenvalue weighted by Crippen LogP contribution is -2.54. The van der Waals surface area contributed by atoms with E-state index in [1.807, 2.05) is 30.3 Å². The molecule has 0 unspecified atom stereocenters. The van der Waals surface area contributed by atoms with Gasteiger partial charge in [0.05, 0.1) is 16.3 Å². The van der Waals surface area contributed by atoms with Crippen LogP contribution in [-0.4, -0.2) is 26.7 Å². The Hall–Kier alpha value is -4.29. The van der Waals surface area contributed by atoms with Crippen molar-refractivity contribution in [3.63, 3.8) is 0 Å². The minimum Gasteiger partial charge on any atom is -0.457 e. The molecule has 4 aromatic rings. The number of amides is 2. The number of aromatic nitrogens is 2. The molecule has 2 aromatic carbocycles. The van der Waals surface area contributed by atoms with E-state index in [4.69, 9.17) is 17.0 Å². The van der Waals surface area contributed by atoms with E-state index in [1.165, 1.54) is 18.0 Å². The molecule has 192 valence electrons. The van der Waals surface area contributed by atoms with Crippen molar-refractivity contribution in [2.45, 2.75) is 6.18 Å². The summed E-state index contributed by atoms with van der Waals surface area (Å²) < 4.78 is 46.0. The van der Waals surface area contributed by atoms with Crippen LogP contribution in [0, 0.1) is 0 Å². The highest BCUT2D eigenvalue weighted by Gasteiger charge is 2.36. The number of hydrogen-bond acceptors (Lipinski definition) is 6. The second kappa shape index (κ2) is 9.88. The van der Waals surface area contributed by atoms with Crippen LogP contribution < -0.4 is 15.0 Å². The highest BCUT2D eigenvalue weighted by molar-refractivity contribution is 7.80. The third kappa shape index (κ3) is 5.08. The molecule has 0 radical (unpaired) electrons. The van der Waals surface area contributed by atoms with Crippen molar-refractivity contribution in [3.8, 4) is 22.1 Å². The number of aryl methyl sites for hydroxylation is 1. The minimum absolute atomic E-state index is 0.0738. The van der Waals surface area contributed by atoms with Crippen molar-refractivity contribution in [2.24, 2.45) is 7.05 Å². The zero-order chi connectivity index (χ0) is 27.0. The van der Waals surface area contributed by atoms with Gasteiger partial charge in [-0.25, -0.2) is 0 Å². The number of ether oxygens (including phenoxy) is 1. The molecular formula is C26H17F3N4O3S2. The maximum absolute atomic E-state index is 13.3. The molecule has 1 N–H and O–H groups in total. The van der Waals surface area contributed by atoms with E-state index < -0.39 is 23.7 Å². The number of halogens is 3. The van der Waals surface area contributed by atoms with E-state index in [2.05, 4.69) is 10.4 Å². The van der Waals surface area contributed by atoms with Gasteiger partial charge in [0.1, 0.15) is 17.1 Å². The molecule has 0 aliphatic carbocycles. The first-order valence-corrected chi connectivity index (χ1v) is 12.3. The van der Waals surface area contributed by atoms with Crippen molar-refractivity contribution in [1.29, 1.82) is 0 Å². The van der Waals surface area contributed by atoms with Crippen LogP contribution in [0.2, 0.25) is 0 Å². The number of hydrogen-bond donors (Lipinski definition) is 1. The summed E-state index contributed by atoms with van der Waals surface area (Å²) in [6.07, 6.45) is -3.19. The number of nitrogens with one attached hydrogen (secondary N) is 1. The predicted molar refractivity (Wildman–Crippen MR) is 141 cm³/mol. The number of carbonyl (C=O) groups excluding carboxylic acids is 2. The molecule has 0 spiro atoms. The van der Waals surface area contributed by atoms with Gasteiger partial charge in [-0.15, -0.1) is 11.3 Å². The van der Waals surface area contributed by atoms with Crippen LogP contribution in [0.3, 0.4) is 0 Å². The van der Waals surface area contributed by atoms with E-state index in [1.54, 1.807) is 36.4 Å². The Morgan fingerprint density at radius 2 is 1.68 bits per heavy atom. The van der Waals surface area contributed by atoms with Crippen molar-refractivity contribution in [3.05, 3.63) is 88.9 Å². The number of rotatable bonds is 5. The van der Waals surface area contributed by atoms with Crippen molar-refractivity contribution in [1.82, 2.24) is 15.1 Å². The fourth-order valence-corrected chi connectivity index (χ4v) is 5.01. The van der Waals surface area contributed by atoms with Gasteiger partial charge in [-0.1, -0.05) is 18.2 Å². The average molecular weight is 555 g/mol. The number of nitrogens with zero attached hydrogens (tertiary/aromatic N) is 3. The van der Waals surface area contributed by atoms with E-state index in [0.717, 1.165) is 22.1 Å². The largest absolute Gasteiger partial charge is 0.457 e. The fraction of sp³-hybridized carbons (Fsp3) is 0.0769. The van der Waals surface area contributed by atoms with Crippen LogP contribution in [-0.2, 0) is 22.8 Å². The molecule has 0 saturated carbocycles. The Kier molecular flexibility index (Phi) is 6.59. The Balaban J connectivity index is 1.39. The zero-order valence-corrected chi connectivity index (χ0v) is 21.2. The zero-order valence-electron chi connectivity index (χ0n) is 19.5. The van der Waals surface area contributed by atoms with Crippen LogP contribution >= 0.6 is 23.6 Å². The summed E-state index contributed by atoms with van der Waals surface area (Å²) in [5.74, 6) is -0.107. The first-order chi connectivity index (χ1) is 18.1. The van der Waals surface area contributed by atoms with Gasteiger partial charge in [-0.2, -0.15) is 18.3 Å². The smallest absolute Gasteiger partial charge is 0.435 e. The Labute approximate surface area is 223 Å². The molecule has 1 aliphatic rings. The molecule has 1 aliphatic heterocycles. The summed E-state index contributed by atoms with van der Waals surface area (Å²) in [6.45, 7) is 0. The van der Waals surface area contributed by atoms with Crippen LogP contribution in [0.5, 0.6) is 11.5 Å². The average Bonchev–Trinajstić information content (AvgIpc) is 3.49. The number of para-hydroxylation sites is 1. The number of thiophene rings is 1. The fourth-order valence-electron chi connectivity index (χ4n) is 3.73. The predicted octanol–water partition coefficient (Wildman–Crippen LogP) is 5.79. The van der Waals surface area contributed by atoms with Gasteiger partial charge in [0.25, 0.3) is 11.8 Å². The maximum atomic E-state index is 13.3. The molecule has 7 nitrogen and oxygen atoms in total. The maximum Gasteiger partial charge on any atom is 0.435 e. The van der Waals surface area contributed by atoms with E-state index in [0.29, 0.717) is 26.9 Å². The summed E-state index contributed by atoms with van der Waals surface area (Å²) >= 11 is 6.37. The highest BCUT2D eigenvalue weighted by Crippen LogP contribution is 2.35. The number of benzene rings is 2. The lowest BCUT2D eigenvalue weighted by molar-refractivity contribution is -0.141. The molecule has 2 amide bonds. The normalized spacial score (nSPS) is 15.2. The van der Waals surface area contributed by atoms with Gasteiger partial charge in [-0.05, 0) is 72.9 Å². The van der Waals surface area contributed by atoms with Crippen molar-refractivity contribution < 1.29 is 27.5 Å². The van der Waals surface area contributed by atoms with Gasteiger partial charge in [0.2, 0.25) is 0 Å². The quantitative estimate of drug-likeness (QED) is 0.192. The monoisotopic (exact) mass is 554 g/mol. The Morgan fingerprint density at radius 3 is 2.34 bits per heavy atom. The van der Waals surface area contributed by atoms with Crippen molar-refractivity contribution in [2.75, 3.05) is 4.90 Å². The second-order valence-electron chi connectivity index (χ2n) is 8.11. The van der Waals surface area contributed by atoms with Crippen LogP contribution in [0.25, 0.3) is 16.6 Å². The highest BCUT2D eigenvalue weighted by atomic mass is 32.1. The first kappa shape index (κ1) is 25.4. The summed E-state index contributed by atoms with van der Waals surface area (Å²) in [7, 11) is 1.41. The third-order valence-corrected chi connectivity index (χ3v) is 6.85. The Bertz CT molecular complexity index is 1580. The van der Waals surface area contributed by atoms with Gasteiger partial charge in [-0.3, -0.25) is 24.5 Å². The lowest BCUT2D eigenvalue weighted by Gasteiger charge is -2.28. The molecular weight excluding hydrogens is 537 g/mol. The van der Waals surface area contributed by atoms with Crippen LogP contribution in [0.1, 0.15) is 10.6 Å². The number of thiocarbonyl (C=S) groups is 1.